The standard InChI is InChI=1S/C8H12F3NO3S/c1-4(2)6(7(14)15)12-5(13)3-16-8(9,10)11/h4,6H,3H2,1-2H3,(H,12,13)(H,14,15). The zero-order chi connectivity index (χ0) is 12.9. The van der Waals surface area contributed by atoms with Crippen molar-refractivity contribution in [3.8, 4) is 0 Å². The molecule has 0 aliphatic heterocycles. The van der Waals surface area contributed by atoms with E-state index >= 15 is 0 Å². The first-order valence-corrected chi connectivity index (χ1v) is 5.35. The van der Waals surface area contributed by atoms with Gasteiger partial charge in [-0.1, -0.05) is 13.8 Å². The fourth-order valence-corrected chi connectivity index (χ4v) is 1.25. The van der Waals surface area contributed by atoms with Crippen LogP contribution in [0, 0.1) is 5.92 Å². The number of carbonyl (C=O) groups is 2. The van der Waals surface area contributed by atoms with Gasteiger partial charge < -0.3 is 10.4 Å². The molecule has 0 saturated heterocycles. The smallest absolute Gasteiger partial charge is 0.442 e. The number of aliphatic carboxylic acids is 1. The minimum atomic E-state index is -4.49. The first-order valence-electron chi connectivity index (χ1n) is 4.36. The first-order chi connectivity index (χ1) is 7.13. The summed E-state index contributed by atoms with van der Waals surface area (Å²) in [5.41, 5.74) is -4.49. The van der Waals surface area contributed by atoms with Crippen LogP contribution in [0.4, 0.5) is 13.2 Å². The van der Waals surface area contributed by atoms with E-state index in [1.165, 1.54) is 0 Å². The van der Waals surface area contributed by atoms with Gasteiger partial charge in [0, 0.05) is 0 Å². The van der Waals surface area contributed by atoms with Gasteiger partial charge in [-0.15, -0.1) is 0 Å². The summed E-state index contributed by atoms with van der Waals surface area (Å²) in [6, 6.07) is -1.17. The summed E-state index contributed by atoms with van der Waals surface area (Å²) in [6.07, 6.45) is 0. The number of alkyl halides is 3. The summed E-state index contributed by atoms with van der Waals surface area (Å²) >= 11 is -0.498. The lowest BCUT2D eigenvalue weighted by molar-refractivity contribution is -0.142. The Balaban J connectivity index is 4.17. The van der Waals surface area contributed by atoms with Crippen molar-refractivity contribution in [2.24, 2.45) is 5.92 Å². The lowest BCUT2D eigenvalue weighted by atomic mass is 10.1. The zero-order valence-corrected chi connectivity index (χ0v) is 9.48. The van der Waals surface area contributed by atoms with E-state index < -0.39 is 46.9 Å². The van der Waals surface area contributed by atoms with Crippen LogP contribution in [-0.2, 0) is 9.59 Å². The molecule has 8 heteroatoms. The van der Waals surface area contributed by atoms with Crippen molar-refractivity contribution >= 4 is 23.6 Å². The van der Waals surface area contributed by atoms with Gasteiger partial charge in [-0.3, -0.25) is 4.79 Å². The van der Waals surface area contributed by atoms with Gasteiger partial charge in [-0.05, 0) is 17.7 Å². The van der Waals surface area contributed by atoms with Crippen LogP contribution in [0.15, 0.2) is 0 Å². The third-order valence-electron chi connectivity index (χ3n) is 1.62. The number of thioether (sulfide) groups is 1. The molecule has 0 fully saturated rings. The van der Waals surface area contributed by atoms with Crippen LogP contribution in [0.5, 0.6) is 0 Å². The van der Waals surface area contributed by atoms with Crippen molar-refractivity contribution in [1.82, 2.24) is 5.32 Å². The van der Waals surface area contributed by atoms with Gasteiger partial charge in [-0.2, -0.15) is 13.2 Å². The highest BCUT2D eigenvalue weighted by molar-refractivity contribution is 8.00. The fourth-order valence-electron chi connectivity index (χ4n) is 0.876. The van der Waals surface area contributed by atoms with Crippen LogP contribution < -0.4 is 5.32 Å². The molecule has 0 aromatic heterocycles. The first kappa shape index (κ1) is 15.1. The van der Waals surface area contributed by atoms with E-state index in [0.29, 0.717) is 0 Å². The molecule has 4 nitrogen and oxygen atoms in total. The molecule has 0 aromatic rings. The minimum absolute atomic E-state index is 0.391. The zero-order valence-electron chi connectivity index (χ0n) is 8.67. The minimum Gasteiger partial charge on any atom is -0.480 e. The molecule has 1 amide bonds. The van der Waals surface area contributed by atoms with Gasteiger partial charge >= 0.3 is 11.5 Å². The Hall–Kier alpha value is -0.920. The molecular formula is C8H12F3NO3S. The van der Waals surface area contributed by atoms with Gasteiger partial charge in [0.05, 0.1) is 5.75 Å². The average molecular weight is 259 g/mol. The third-order valence-corrected chi connectivity index (χ3v) is 2.35. The second-order valence-electron chi connectivity index (χ2n) is 3.36. The van der Waals surface area contributed by atoms with Gasteiger partial charge in [0.2, 0.25) is 5.91 Å². The largest absolute Gasteiger partial charge is 0.480 e. The molecular weight excluding hydrogens is 247 g/mol. The SMILES string of the molecule is CC(C)C(NC(=O)CSC(F)(F)F)C(=O)O. The van der Waals surface area contributed by atoms with Crippen LogP contribution in [0.25, 0.3) is 0 Å². The van der Waals surface area contributed by atoms with Crippen LogP contribution in [0.2, 0.25) is 0 Å². The van der Waals surface area contributed by atoms with Crippen molar-refractivity contribution in [2.45, 2.75) is 25.4 Å². The fraction of sp³-hybridized carbons (Fsp3) is 0.750. The second-order valence-corrected chi connectivity index (χ2v) is 4.40. The molecule has 2 N–H and O–H groups in total. The number of hydrogen-bond donors (Lipinski definition) is 2. The molecule has 0 bridgehead atoms. The second kappa shape index (κ2) is 5.97. The highest BCUT2D eigenvalue weighted by Crippen LogP contribution is 2.29. The van der Waals surface area contributed by atoms with E-state index in [4.69, 9.17) is 5.11 Å². The van der Waals surface area contributed by atoms with E-state index in [9.17, 15) is 22.8 Å². The third kappa shape index (κ3) is 6.54. The number of carboxylic acids is 1. The highest BCUT2D eigenvalue weighted by atomic mass is 32.2. The maximum absolute atomic E-state index is 11.7. The summed E-state index contributed by atoms with van der Waals surface area (Å²) in [6.45, 7) is 3.10. The number of hydrogen-bond acceptors (Lipinski definition) is 3. The Morgan fingerprint density at radius 2 is 1.88 bits per heavy atom. The monoisotopic (exact) mass is 259 g/mol. The number of halogens is 3. The normalized spacial score (nSPS) is 13.6. The summed E-state index contributed by atoms with van der Waals surface area (Å²) in [5, 5.41) is 10.7. The number of nitrogens with one attached hydrogen (secondary N) is 1. The number of amides is 1. The predicted octanol–water partition coefficient (Wildman–Crippen LogP) is 1.46. The van der Waals surface area contributed by atoms with Crippen LogP contribution in [-0.4, -0.2) is 34.3 Å². The average Bonchev–Trinajstić information content (AvgIpc) is 2.08. The maximum atomic E-state index is 11.7. The number of rotatable bonds is 5. The number of carboxylic acid groups (broad SMARTS) is 1. The molecule has 1 atom stereocenters. The topological polar surface area (TPSA) is 66.4 Å². The lowest BCUT2D eigenvalue weighted by Crippen LogP contribution is -2.45. The highest BCUT2D eigenvalue weighted by Gasteiger charge is 2.30. The van der Waals surface area contributed by atoms with Crippen molar-refractivity contribution in [2.75, 3.05) is 5.75 Å². The van der Waals surface area contributed by atoms with E-state index in [2.05, 4.69) is 0 Å². The molecule has 0 aliphatic carbocycles. The Labute approximate surface area is 94.6 Å². The summed E-state index contributed by atoms with van der Waals surface area (Å²) in [7, 11) is 0. The number of carbonyl (C=O) groups excluding carboxylic acids is 1. The van der Waals surface area contributed by atoms with Crippen molar-refractivity contribution < 1.29 is 27.9 Å². The Morgan fingerprint density at radius 1 is 1.38 bits per heavy atom. The molecule has 0 radical (unpaired) electrons. The molecule has 0 rings (SSSR count). The van der Waals surface area contributed by atoms with Gasteiger partial charge in [-0.25, -0.2) is 4.79 Å². The Kier molecular flexibility index (Phi) is 5.63. The summed E-state index contributed by atoms with van der Waals surface area (Å²) in [4.78, 5) is 21.6. The molecule has 0 saturated carbocycles. The Bertz CT molecular complexity index is 268. The van der Waals surface area contributed by atoms with Crippen LogP contribution >= 0.6 is 11.8 Å². The quantitative estimate of drug-likeness (QED) is 0.784. The summed E-state index contributed by atoms with van der Waals surface area (Å²) < 4.78 is 35.2. The van der Waals surface area contributed by atoms with Crippen molar-refractivity contribution in [1.29, 1.82) is 0 Å². The van der Waals surface area contributed by atoms with Gasteiger partial charge in [0.25, 0.3) is 0 Å². The molecule has 16 heavy (non-hydrogen) atoms. The van der Waals surface area contributed by atoms with Crippen molar-refractivity contribution in [3.63, 3.8) is 0 Å². The van der Waals surface area contributed by atoms with E-state index in [-0.39, 0.29) is 0 Å². The maximum Gasteiger partial charge on any atom is 0.442 e. The summed E-state index contributed by atoms with van der Waals surface area (Å²) in [5.74, 6) is -3.43. The van der Waals surface area contributed by atoms with E-state index in [1.54, 1.807) is 13.8 Å². The molecule has 1 unspecified atom stereocenters. The molecule has 94 valence electrons. The molecule has 0 spiro atoms. The lowest BCUT2D eigenvalue weighted by Gasteiger charge is -2.17. The van der Waals surface area contributed by atoms with E-state index in [0.717, 1.165) is 0 Å². The van der Waals surface area contributed by atoms with Gasteiger partial charge in [0.1, 0.15) is 6.04 Å². The van der Waals surface area contributed by atoms with Crippen LogP contribution in [0.1, 0.15) is 13.8 Å². The Morgan fingerprint density at radius 3 is 2.19 bits per heavy atom. The predicted molar refractivity (Wildman–Crippen MR) is 52.9 cm³/mol. The molecule has 0 aliphatic rings. The van der Waals surface area contributed by atoms with Crippen molar-refractivity contribution in [3.05, 3.63) is 0 Å². The molecule has 0 aromatic carbocycles. The molecule has 0 heterocycles. The van der Waals surface area contributed by atoms with Crippen LogP contribution in [0.3, 0.4) is 0 Å². The van der Waals surface area contributed by atoms with E-state index in [1.807, 2.05) is 5.32 Å². The van der Waals surface area contributed by atoms with Gasteiger partial charge in [0.15, 0.2) is 0 Å².